The zero-order valence-electron chi connectivity index (χ0n) is 9.84. The van der Waals surface area contributed by atoms with Gasteiger partial charge >= 0.3 is 0 Å². The Morgan fingerprint density at radius 1 is 1.24 bits per heavy atom. The molecule has 0 aromatic heterocycles. The van der Waals surface area contributed by atoms with E-state index in [0.29, 0.717) is 0 Å². The standard InChI is InChI=1S/C11H17NO4S/c1-8-3-9(2)5-11(4-8)17(15,16)12-6-10(14)7-13/h3-5,10,12-14H,6-7H2,1-2H3. The third-order valence-electron chi connectivity index (χ3n) is 2.23. The third-order valence-corrected chi connectivity index (χ3v) is 3.63. The maximum absolute atomic E-state index is 11.9. The quantitative estimate of drug-likeness (QED) is 0.691. The topological polar surface area (TPSA) is 86.6 Å². The number of aliphatic hydroxyl groups is 2. The van der Waals surface area contributed by atoms with Crippen molar-refractivity contribution in [2.75, 3.05) is 13.2 Å². The second-order valence-electron chi connectivity index (χ2n) is 4.01. The van der Waals surface area contributed by atoms with Crippen molar-refractivity contribution >= 4 is 10.0 Å². The van der Waals surface area contributed by atoms with Gasteiger partial charge in [0.15, 0.2) is 0 Å². The molecule has 0 radical (unpaired) electrons. The van der Waals surface area contributed by atoms with Crippen LogP contribution in [-0.2, 0) is 10.0 Å². The Bertz CT molecular complexity index is 464. The second kappa shape index (κ2) is 5.59. The van der Waals surface area contributed by atoms with Crippen molar-refractivity contribution in [3.05, 3.63) is 29.3 Å². The van der Waals surface area contributed by atoms with Crippen LogP contribution in [0.5, 0.6) is 0 Å². The number of rotatable bonds is 5. The summed E-state index contributed by atoms with van der Waals surface area (Å²) in [6.45, 7) is 2.95. The number of hydrogen-bond donors (Lipinski definition) is 3. The van der Waals surface area contributed by atoms with E-state index in [1.165, 1.54) is 0 Å². The number of aliphatic hydroxyl groups excluding tert-OH is 2. The summed E-state index contributed by atoms with van der Waals surface area (Å²) in [4.78, 5) is 0.167. The van der Waals surface area contributed by atoms with Crippen LogP contribution in [-0.4, -0.2) is 37.9 Å². The van der Waals surface area contributed by atoms with Gasteiger partial charge in [0.25, 0.3) is 0 Å². The van der Waals surface area contributed by atoms with Gasteiger partial charge in [-0.15, -0.1) is 0 Å². The fourth-order valence-electron chi connectivity index (χ4n) is 1.44. The van der Waals surface area contributed by atoms with Gasteiger partial charge in [-0.2, -0.15) is 0 Å². The summed E-state index contributed by atoms with van der Waals surface area (Å²) in [7, 11) is -3.63. The molecule has 0 amide bonds. The summed E-state index contributed by atoms with van der Waals surface area (Å²) in [6, 6.07) is 4.99. The highest BCUT2D eigenvalue weighted by atomic mass is 32.2. The highest BCUT2D eigenvalue weighted by Crippen LogP contribution is 2.13. The average Bonchev–Trinajstić information content (AvgIpc) is 2.24. The summed E-state index contributed by atoms with van der Waals surface area (Å²) < 4.78 is 25.9. The lowest BCUT2D eigenvalue weighted by atomic mass is 10.2. The summed E-state index contributed by atoms with van der Waals surface area (Å²) in [5.74, 6) is 0. The Morgan fingerprint density at radius 3 is 2.24 bits per heavy atom. The van der Waals surface area contributed by atoms with Crippen LogP contribution in [0.3, 0.4) is 0 Å². The van der Waals surface area contributed by atoms with Gasteiger partial charge in [0.2, 0.25) is 10.0 Å². The van der Waals surface area contributed by atoms with Gasteiger partial charge in [-0.05, 0) is 37.1 Å². The van der Waals surface area contributed by atoms with Crippen LogP contribution in [0.2, 0.25) is 0 Å². The highest BCUT2D eigenvalue weighted by molar-refractivity contribution is 7.89. The molecule has 96 valence electrons. The summed E-state index contributed by atoms with van der Waals surface area (Å²) in [5.41, 5.74) is 1.71. The van der Waals surface area contributed by atoms with E-state index < -0.39 is 22.7 Å². The fourth-order valence-corrected chi connectivity index (χ4v) is 2.70. The van der Waals surface area contributed by atoms with Gasteiger partial charge in [0, 0.05) is 6.54 Å². The Balaban J connectivity index is 2.89. The molecule has 0 saturated heterocycles. The molecule has 1 aromatic carbocycles. The molecule has 0 aliphatic heterocycles. The minimum atomic E-state index is -3.63. The van der Waals surface area contributed by atoms with E-state index in [0.717, 1.165) is 11.1 Å². The van der Waals surface area contributed by atoms with Gasteiger partial charge in [-0.3, -0.25) is 0 Å². The summed E-state index contributed by atoms with van der Waals surface area (Å²) in [6.07, 6.45) is -1.09. The minimum absolute atomic E-state index is 0.167. The molecule has 0 aliphatic carbocycles. The number of nitrogens with one attached hydrogen (secondary N) is 1. The Hall–Kier alpha value is -0.950. The molecule has 0 heterocycles. The third kappa shape index (κ3) is 4.08. The Morgan fingerprint density at radius 2 is 1.76 bits per heavy atom. The SMILES string of the molecule is Cc1cc(C)cc(S(=O)(=O)NCC(O)CO)c1. The first kappa shape index (κ1) is 14.1. The number of aryl methyl sites for hydroxylation is 2. The molecule has 1 aromatic rings. The Kier molecular flexibility index (Phi) is 4.64. The van der Waals surface area contributed by atoms with Gasteiger partial charge in [-0.25, -0.2) is 13.1 Å². The molecule has 0 fully saturated rings. The number of benzene rings is 1. The largest absolute Gasteiger partial charge is 0.394 e. The van der Waals surface area contributed by atoms with E-state index in [9.17, 15) is 8.42 Å². The zero-order valence-corrected chi connectivity index (χ0v) is 10.7. The van der Waals surface area contributed by atoms with E-state index in [2.05, 4.69) is 4.72 Å². The first-order chi connectivity index (χ1) is 7.85. The average molecular weight is 259 g/mol. The van der Waals surface area contributed by atoms with E-state index >= 15 is 0 Å². The zero-order chi connectivity index (χ0) is 13.1. The predicted octanol–water partition coefficient (Wildman–Crippen LogP) is -0.0651. The number of hydrogen-bond acceptors (Lipinski definition) is 4. The van der Waals surface area contributed by atoms with E-state index in [1.54, 1.807) is 12.1 Å². The van der Waals surface area contributed by atoms with E-state index in [4.69, 9.17) is 10.2 Å². The molecule has 5 nitrogen and oxygen atoms in total. The normalized spacial score (nSPS) is 13.6. The van der Waals surface area contributed by atoms with Crippen molar-refractivity contribution in [2.45, 2.75) is 24.8 Å². The van der Waals surface area contributed by atoms with Crippen LogP contribution in [0.4, 0.5) is 0 Å². The first-order valence-electron chi connectivity index (χ1n) is 5.22. The summed E-state index contributed by atoms with van der Waals surface area (Å²) in [5, 5.41) is 17.7. The van der Waals surface area contributed by atoms with Crippen molar-refractivity contribution in [2.24, 2.45) is 0 Å². The van der Waals surface area contributed by atoms with Crippen LogP contribution in [0.1, 0.15) is 11.1 Å². The van der Waals surface area contributed by atoms with Crippen molar-refractivity contribution in [1.29, 1.82) is 0 Å². The van der Waals surface area contributed by atoms with Gasteiger partial charge in [-0.1, -0.05) is 6.07 Å². The lowest BCUT2D eigenvalue weighted by Gasteiger charge is -2.11. The molecule has 0 spiro atoms. The maximum atomic E-state index is 11.9. The van der Waals surface area contributed by atoms with E-state index in [1.807, 2.05) is 19.9 Å². The molecule has 6 heteroatoms. The molecule has 0 aliphatic rings. The van der Waals surface area contributed by atoms with Crippen molar-refractivity contribution in [3.63, 3.8) is 0 Å². The van der Waals surface area contributed by atoms with Crippen LogP contribution in [0.15, 0.2) is 23.1 Å². The predicted molar refractivity (Wildman–Crippen MR) is 64.2 cm³/mol. The van der Waals surface area contributed by atoms with Crippen molar-refractivity contribution in [3.8, 4) is 0 Å². The Labute approximate surface area is 101 Å². The van der Waals surface area contributed by atoms with Crippen LogP contribution >= 0.6 is 0 Å². The lowest BCUT2D eigenvalue weighted by Crippen LogP contribution is -2.33. The van der Waals surface area contributed by atoms with Crippen molar-refractivity contribution in [1.82, 2.24) is 4.72 Å². The lowest BCUT2D eigenvalue weighted by molar-refractivity contribution is 0.0988. The molecule has 0 saturated carbocycles. The van der Waals surface area contributed by atoms with E-state index in [-0.39, 0.29) is 11.4 Å². The minimum Gasteiger partial charge on any atom is -0.394 e. The molecular weight excluding hydrogens is 242 g/mol. The van der Waals surface area contributed by atoms with Crippen molar-refractivity contribution < 1.29 is 18.6 Å². The molecule has 0 bridgehead atoms. The molecule has 1 rings (SSSR count). The molecular formula is C11H17NO4S. The molecule has 1 atom stereocenters. The summed E-state index contributed by atoms with van der Waals surface area (Å²) >= 11 is 0. The molecule has 17 heavy (non-hydrogen) atoms. The van der Waals surface area contributed by atoms with Gasteiger partial charge in [0.05, 0.1) is 17.6 Å². The smallest absolute Gasteiger partial charge is 0.240 e. The second-order valence-corrected chi connectivity index (χ2v) is 5.78. The monoisotopic (exact) mass is 259 g/mol. The van der Waals surface area contributed by atoms with Crippen LogP contribution in [0, 0.1) is 13.8 Å². The highest BCUT2D eigenvalue weighted by Gasteiger charge is 2.16. The van der Waals surface area contributed by atoms with Crippen LogP contribution < -0.4 is 4.72 Å². The molecule has 3 N–H and O–H groups in total. The molecule has 1 unspecified atom stereocenters. The van der Waals surface area contributed by atoms with Gasteiger partial charge < -0.3 is 10.2 Å². The maximum Gasteiger partial charge on any atom is 0.240 e. The first-order valence-corrected chi connectivity index (χ1v) is 6.70. The fraction of sp³-hybridized carbons (Fsp3) is 0.455. The van der Waals surface area contributed by atoms with Gasteiger partial charge in [0.1, 0.15) is 0 Å². The number of sulfonamides is 1. The van der Waals surface area contributed by atoms with Crippen LogP contribution in [0.25, 0.3) is 0 Å².